The Morgan fingerprint density at radius 1 is 1.16 bits per heavy atom. The summed E-state index contributed by atoms with van der Waals surface area (Å²) in [4.78, 5) is 25.7. The molecule has 0 aliphatic carbocycles. The highest BCUT2D eigenvalue weighted by Crippen LogP contribution is 2.17. The van der Waals surface area contributed by atoms with E-state index in [1.54, 1.807) is 4.90 Å². The van der Waals surface area contributed by atoms with Crippen LogP contribution in [0.1, 0.15) is 16.7 Å². The van der Waals surface area contributed by atoms with Crippen LogP contribution in [0.25, 0.3) is 0 Å². The number of amides is 2. The van der Waals surface area contributed by atoms with E-state index in [2.05, 4.69) is 28.8 Å². The Bertz CT molecular complexity index is 609. The molecule has 25 heavy (non-hydrogen) atoms. The number of carbonyl (C=O) groups excluding carboxylic acids is 2. The summed E-state index contributed by atoms with van der Waals surface area (Å²) in [6, 6.07) is 6.32. The standard InChI is InChI=1S/C17H23N3O3S.ClH/c21-16(11-24-12-17(22)20-3-5-23-6-4-20)19-8-13-1-2-14-9-18-10-15(14)7-13;/h1-2,7,18H,3-6,8-12H2,(H,19,21);1H. The summed E-state index contributed by atoms with van der Waals surface area (Å²) in [5, 5.41) is 6.23. The predicted molar refractivity (Wildman–Crippen MR) is 101 cm³/mol. The summed E-state index contributed by atoms with van der Waals surface area (Å²) < 4.78 is 5.23. The number of hydrogen-bond donors (Lipinski definition) is 2. The Balaban J connectivity index is 0.00000225. The molecular weight excluding hydrogens is 362 g/mol. The van der Waals surface area contributed by atoms with Crippen molar-refractivity contribution in [1.82, 2.24) is 15.5 Å². The average molecular weight is 386 g/mol. The quantitative estimate of drug-likeness (QED) is 0.762. The Hall–Kier alpha value is -1.28. The van der Waals surface area contributed by atoms with Gasteiger partial charge in [0.15, 0.2) is 0 Å². The molecule has 2 N–H and O–H groups in total. The minimum absolute atomic E-state index is 0. The molecule has 1 aromatic carbocycles. The monoisotopic (exact) mass is 385 g/mol. The van der Waals surface area contributed by atoms with E-state index in [0.29, 0.717) is 44.4 Å². The molecule has 1 fully saturated rings. The molecule has 1 aromatic rings. The van der Waals surface area contributed by atoms with E-state index in [4.69, 9.17) is 4.74 Å². The minimum atomic E-state index is -0.0339. The zero-order chi connectivity index (χ0) is 16.8. The lowest BCUT2D eigenvalue weighted by Gasteiger charge is -2.26. The number of fused-ring (bicyclic) bond motifs is 1. The molecule has 0 radical (unpaired) electrons. The van der Waals surface area contributed by atoms with Crippen molar-refractivity contribution in [2.24, 2.45) is 0 Å². The number of nitrogens with one attached hydrogen (secondary N) is 2. The van der Waals surface area contributed by atoms with Crippen molar-refractivity contribution in [3.63, 3.8) is 0 Å². The predicted octanol–water partition coefficient (Wildman–Crippen LogP) is 0.920. The summed E-state index contributed by atoms with van der Waals surface area (Å²) in [5.74, 6) is 0.705. The van der Waals surface area contributed by atoms with Crippen molar-refractivity contribution in [3.05, 3.63) is 34.9 Å². The van der Waals surface area contributed by atoms with E-state index in [9.17, 15) is 9.59 Å². The third-order valence-corrected chi connectivity index (χ3v) is 5.13. The maximum atomic E-state index is 12.0. The van der Waals surface area contributed by atoms with Crippen molar-refractivity contribution >= 4 is 36.0 Å². The highest BCUT2D eigenvalue weighted by Gasteiger charge is 2.17. The van der Waals surface area contributed by atoms with Crippen LogP contribution in [0.3, 0.4) is 0 Å². The summed E-state index contributed by atoms with van der Waals surface area (Å²) in [5.41, 5.74) is 3.76. The molecule has 0 atom stereocenters. The van der Waals surface area contributed by atoms with Gasteiger partial charge in [0.1, 0.15) is 0 Å². The number of hydrogen-bond acceptors (Lipinski definition) is 5. The summed E-state index contributed by atoms with van der Waals surface area (Å²) in [6.07, 6.45) is 0. The van der Waals surface area contributed by atoms with Crippen molar-refractivity contribution in [2.45, 2.75) is 19.6 Å². The lowest BCUT2D eigenvalue weighted by atomic mass is 10.1. The van der Waals surface area contributed by atoms with Crippen LogP contribution in [0.4, 0.5) is 0 Å². The van der Waals surface area contributed by atoms with Gasteiger partial charge in [0.05, 0.1) is 24.7 Å². The molecule has 0 bridgehead atoms. The van der Waals surface area contributed by atoms with E-state index in [1.165, 1.54) is 22.9 Å². The number of carbonyl (C=O) groups is 2. The van der Waals surface area contributed by atoms with Crippen molar-refractivity contribution < 1.29 is 14.3 Å². The molecule has 2 aliphatic rings. The fourth-order valence-corrected chi connectivity index (χ4v) is 3.59. The van der Waals surface area contributed by atoms with Gasteiger partial charge in [-0.2, -0.15) is 0 Å². The van der Waals surface area contributed by atoms with Gasteiger partial charge in [-0.3, -0.25) is 9.59 Å². The normalized spacial score (nSPS) is 16.1. The lowest BCUT2D eigenvalue weighted by molar-refractivity contribution is -0.132. The molecule has 0 saturated carbocycles. The van der Waals surface area contributed by atoms with Crippen LogP contribution in [-0.4, -0.2) is 54.5 Å². The van der Waals surface area contributed by atoms with Crippen LogP contribution in [0.15, 0.2) is 18.2 Å². The molecular formula is C17H24ClN3O3S. The van der Waals surface area contributed by atoms with Crippen LogP contribution in [-0.2, 0) is 34.0 Å². The molecule has 1 saturated heterocycles. The Morgan fingerprint density at radius 2 is 1.92 bits per heavy atom. The average Bonchev–Trinajstić information content (AvgIpc) is 3.08. The molecule has 0 unspecified atom stereocenters. The first-order valence-corrected chi connectivity index (χ1v) is 9.39. The number of thioether (sulfide) groups is 1. The summed E-state index contributed by atoms with van der Waals surface area (Å²) in [7, 11) is 0. The first-order valence-electron chi connectivity index (χ1n) is 8.24. The maximum Gasteiger partial charge on any atom is 0.232 e. The molecule has 2 amide bonds. The second kappa shape index (κ2) is 10.0. The minimum Gasteiger partial charge on any atom is -0.378 e. The molecule has 0 spiro atoms. The maximum absolute atomic E-state index is 12.0. The number of nitrogens with zero attached hydrogens (tertiary/aromatic N) is 1. The summed E-state index contributed by atoms with van der Waals surface area (Å²) >= 11 is 1.36. The number of ether oxygens (including phenoxy) is 1. The number of benzene rings is 1. The zero-order valence-corrected chi connectivity index (χ0v) is 15.7. The Kier molecular flexibility index (Phi) is 8.02. The van der Waals surface area contributed by atoms with Crippen LogP contribution >= 0.6 is 24.2 Å². The second-order valence-corrected chi connectivity index (χ2v) is 6.95. The smallest absolute Gasteiger partial charge is 0.232 e. The SMILES string of the molecule is Cl.O=C(CSCC(=O)N1CCOCC1)NCc1ccc2c(c1)CNC2. The molecule has 6 nitrogen and oxygen atoms in total. The van der Waals surface area contributed by atoms with Crippen LogP contribution in [0.2, 0.25) is 0 Å². The van der Waals surface area contributed by atoms with Crippen LogP contribution in [0.5, 0.6) is 0 Å². The lowest BCUT2D eigenvalue weighted by Crippen LogP contribution is -2.41. The van der Waals surface area contributed by atoms with E-state index >= 15 is 0 Å². The van der Waals surface area contributed by atoms with E-state index in [1.807, 2.05) is 0 Å². The molecule has 138 valence electrons. The molecule has 0 aromatic heterocycles. The second-order valence-electron chi connectivity index (χ2n) is 5.97. The van der Waals surface area contributed by atoms with E-state index in [0.717, 1.165) is 18.7 Å². The third kappa shape index (κ3) is 5.88. The van der Waals surface area contributed by atoms with E-state index < -0.39 is 0 Å². The molecule has 2 aliphatic heterocycles. The number of morpholine rings is 1. The largest absolute Gasteiger partial charge is 0.378 e. The van der Waals surface area contributed by atoms with Gasteiger partial charge in [-0.1, -0.05) is 18.2 Å². The highest BCUT2D eigenvalue weighted by atomic mass is 35.5. The first-order chi connectivity index (χ1) is 11.7. The fraction of sp³-hybridized carbons (Fsp3) is 0.529. The number of halogens is 1. The van der Waals surface area contributed by atoms with Gasteiger partial charge >= 0.3 is 0 Å². The zero-order valence-electron chi connectivity index (χ0n) is 14.1. The Labute approximate surface area is 158 Å². The van der Waals surface area contributed by atoms with Gasteiger partial charge in [0.25, 0.3) is 0 Å². The van der Waals surface area contributed by atoms with Gasteiger partial charge < -0.3 is 20.3 Å². The molecule has 3 rings (SSSR count). The number of rotatable bonds is 6. The van der Waals surface area contributed by atoms with Gasteiger partial charge in [-0.15, -0.1) is 24.2 Å². The van der Waals surface area contributed by atoms with Crippen molar-refractivity contribution in [3.8, 4) is 0 Å². The van der Waals surface area contributed by atoms with Gasteiger partial charge in [0, 0.05) is 32.7 Å². The van der Waals surface area contributed by atoms with Crippen LogP contribution in [0, 0.1) is 0 Å². The Morgan fingerprint density at radius 3 is 2.72 bits per heavy atom. The molecule has 2 heterocycles. The van der Waals surface area contributed by atoms with Crippen molar-refractivity contribution in [1.29, 1.82) is 0 Å². The first kappa shape index (κ1) is 20.0. The third-order valence-electron chi connectivity index (χ3n) is 4.21. The van der Waals surface area contributed by atoms with Crippen LogP contribution < -0.4 is 10.6 Å². The molecule has 8 heteroatoms. The van der Waals surface area contributed by atoms with Gasteiger partial charge in [-0.05, 0) is 16.7 Å². The fourth-order valence-electron chi connectivity index (χ4n) is 2.84. The highest BCUT2D eigenvalue weighted by molar-refractivity contribution is 8.00. The topological polar surface area (TPSA) is 70.7 Å². The van der Waals surface area contributed by atoms with Gasteiger partial charge in [-0.25, -0.2) is 0 Å². The summed E-state index contributed by atoms with van der Waals surface area (Å²) in [6.45, 7) is 4.87. The van der Waals surface area contributed by atoms with E-state index in [-0.39, 0.29) is 24.2 Å². The van der Waals surface area contributed by atoms with Gasteiger partial charge in [0.2, 0.25) is 11.8 Å². The van der Waals surface area contributed by atoms with Crippen molar-refractivity contribution in [2.75, 3.05) is 37.8 Å².